The second-order valence-electron chi connectivity index (χ2n) is 5.54. The molecule has 0 aromatic heterocycles. The summed E-state index contributed by atoms with van der Waals surface area (Å²) in [5, 5.41) is 0. The molecule has 0 aromatic rings. The Morgan fingerprint density at radius 2 is 1.76 bits per heavy atom. The van der Waals surface area contributed by atoms with Gasteiger partial charge >= 0.3 is 0 Å². The third-order valence-corrected chi connectivity index (χ3v) is 4.01. The second-order valence-corrected chi connectivity index (χ2v) is 5.54. The van der Waals surface area contributed by atoms with Crippen LogP contribution in [0, 0.1) is 5.92 Å². The molecule has 2 N–H and O–H groups in total. The summed E-state index contributed by atoms with van der Waals surface area (Å²) in [6.45, 7) is 2.22. The highest BCUT2D eigenvalue weighted by atomic mass is 16.1. The molecule has 0 radical (unpaired) electrons. The lowest BCUT2D eigenvalue weighted by molar-refractivity contribution is -0.123. The molecule has 0 aromatic carbocycles. The smallest absolute Gasteiger partial charge is 0.137 e. The minimum absolute atomic E-state index is 0.139. The lowest BCUT2D eigenvalue weighted by atomic mass is 9.88. The van der Waals surface area contributed by atoms with Gasteiger partial charge in [0.15, 0.2) is 0 Å². The predicted molar refractivity (Wildman–Crippen MR) is 72.9 cm³/mol. The fraction of sp³-hybridized carbons (Fsp3) is 0.933. The van der Waals surface area contributed by atoms with Crippen molar-refractivity contribution in [3.05, 3.63) is 0 Å². The fourth-order valence-electron chi connectivity index (χ4n) is 2.82. The molecule has 100 valence electrons. The molecular formula is C15H29NO. The Bertz CT molecular complexity index is 215. The van der Waals surface area contributed by atoms with Gasteiger partial charge in [0.05, 0.1) is 0 Å². The van der Waals surface area contributed by atoms with Gasteiger partial charge in [-0.25, -0.2) is 0 Å². The van der Waals surface area contributed by atoms with E-state index in [4.69, 9.17) is 5.73 Å². The number of Topliss-reactive ketones (excluding diaryl/α,β-unsaturated/α-hetero) is 1. The van der Waals surface area contributed by atoms with Crippen LogP contribution in [0.25, 0.3) is 0 Å². The van der Waals surface area contributed by atoms with Crippen LogP contribution in [0.15, 0.2) is 0 Å². The van der Waals surface area contributed by atoms with Crippen molar-refractivity contribution in [2.45, 2.75) is 83.6 Å². The van der Waals surface area contributed by atoms with Gasteiger partial charge in [-0.05, 0) is 19.3 Å². The molecular weight excluding hydrogens is 210 g/mol. The number of nitrogens with two attached hydrogens (primary N) is 1. The van der Waals surface area contributed by atoms with E-state index in [0.29, 0.717) is 5.78 Å². The van der Waals surface area contributed by atoms with Crippen molar-refractivity contribution in [3.63, 3.8) is 0 Å². The van der Waals surface area contributed by atoms with Crippen LogP contribution in [-0.4, -0.2) is 11.8 Å². The van der Waals surface area contributed by atoms with Gasteiger partial charge in [-0.1, -0.05) is 51.9 Å². The predicted octanol–water partition coefficient (Wildman–Crippen LogP) is 3.82. The van der Waals surface area contributed by atoms with Crippen LogP contribution < -0.4 is 5.73 Å². The first-order valence-electron chi connectivity index (χ1n) is 7.54. The highest BCUT2D eigenvalue weighted by Gasteiger charge is 2.25. The molecule has 1 saturated carbocycles. The van der Waals surface area contributed by atoms with Gasteiger partial charge in [0, 0.05) is 18.4 Å². The average molecular weight is 239 g/mol. The number of carbonyl (C=O) groups is 1. The summed E-state index contributed by atoms with van der Waals surface area (Å²) < 4.78 is 0. The van der Waals surface area contributed by atoms with Crippen LogP contribution in [0.5, 0.6) is 0 Å². The fourth-order valence-corrected chi connectivity index (χ4v) is 2.82. The highest BCUT2D eigenvalue weighted by Crippen LogP contribution is 2.24. The van der Waals surface area contributed by atoms with Crippen molar-refractivity contribution in [1.82, 2.24) is 0 Å². The molecule has 0 bridgehead atoms. The van der Waals surface area contributed by atoms with Gasteiger partial charge in [0.25, 0.3) is 0 Å². The van der Waals surface area contributed by atoms with E-state index < -0.39 is 0 Å². The minimum Gasteiger partial charge on any atom is -0.327 e. The normalized spacial score (nSPS) is 25.5. The standard InChI is InChI=1S/C15H29NO/c1-2-3-4-5-9-12-15(17)13-10-7-6-8-11-14(13)16/h13-14H,2-12,16H2,1H3. The molecule has 2 unspecified atom stereocenters. The second kappa shape index (κ2) is 8.68. The zero-order chi connectivity index (χ0) is 12.5. The molecule has 1 aliphatic rings. The first kappa shape index (κ1) is 14.7. The van der Waals surface area contributed by atoms with E-state index in [0.717, 1.165) is 25.7 Å². The van der Waals surface area contributed by atoms with E-state index >= 15 is 0 Å². The van der Waals surface area contributed by atoms with Gasteiger partial charge in [-0.3, -0.25) is 4.79 Å². The molecule has 0 amide bonds. The van der Waals surface area contributed by atoms with Crippen molar-refractivity contribution in [2.75, 3.05) is 0 Å². The van der Waals surface area contributed by atoms with Crippen molar-refractivity contribution in [3.8, 4) is 0 Å². The SMILES string of the molecule is CCCCCCCC(=O)C1CCCCCC1N. The first-order chi connectivity index (χ1) is 8.25. The Kier molecular flexibility index (Phi) is 7.50. The van der Waals surface area contributed by atoms with Gasteiger partial charge in [0.1, 0.15) is 5.78 Å². The van der Waals surface area contributed by atoms with Crippen LogP contribution in [-0.2, 0) is 4.79 Å². The molecule has 1 fully saturated rings. The molecule has 0 saturated heterocycles. The van der Waals surface area contributed by atoms with Gasteiger partial charge in [-0.2, -0.15) is 0 Å². The summed E-state index contributed by atoms with van der Waals surface area (Å²) >= 11 is 0. The molecule has 0 aliphatic heterocycles. The van der Waals surface area contributed by atoms with E-state index in [1.165, 1.54) is 44.9 Å². The van der Waals surface area contributed by atoms with E-state index in [1.54, 1.807) is 0 Å². The summed E-state index contributed by atoms with van der Waals surface area (Å²) in [5.41, 5.74) is 6.11. The minimum atomic E-state index is 0.139. The molecule has 17 heavy (non-hydrogen) atoms. The Labute approximate surface area is 106 Å². The van der Waals surface area contributed by atoms with Crippen molar-refractivity contribution in [2.24, 2.45) is 11.7 Å². The molecule has 2 atom stereocenters. The van der Waals surface area contributed by atoms with Crippen LogP contribution in [0.4, 0.5) is 0 Å². The summed E-state index contributed by atoms with van der Waals surface area (Å²) in [4.78, 5) is 12.1. The van der Waals surface area contributed by atoms with Gasteiger partial charge in [0.2, 0.25) is 0 Å². The van der Waals surface area contributed by atoms with Crippen molar-refractivity contribution in [1.29, 1.82) is 0 Å². The van der Waals surface area contributed by atoms with E-state index in [-0.39, 0.29) is 12.0 Å². The molecule has 1 rings (SSSR count). The zero-order valence-corrected chi connectivity index (χ0v) is 11.4. The molecule has 2 nitrogen and oxygen atoms in total. The summed E-state index contributed by atoms with van der Waals surface area (Å²) in [5.74, 6) is 0.611. The lowest BCUT2D eigenvalue weighted by Gasteiger charge is -2.19. The van der Waals surface area contributed by atoms with Crippen LogP contribution in [0.2, 0.25) is 0 Å². The summed E-state index contributed by atoms with van der Waals surface area (Å²) in [7, 11) is 0. The third-order valence-electron chi connectivity index (χ3n) is 4.01. The first-order valence-corrected chi connectivity index (χ1v) is 7.54. The Hall–Kier alpha value is -0.370. The monoisotopic (exact) mass is 239 g/mol. The van der Waals surface area contributed by atoms with Crippen molar-refractivity contribution < 1.29 is 4.79 Å². The molecule has 1 aliphatic carbocycles. The van der Waals surface area contributed by atoms with Crippen LogP contribution in [0.3, 0.4) is 0 Å². The van der Waals surface area contributed by atoms with Crippen molar-refractivity contribution >= 4 is 5.78 Å². The topological polar surface area (TPSA) is 43.1 Å². The Balaban J connectivity index is 2.20. The lowest BCUT2D eigenvalue weighted by Crippen LogP contribution is -2.34. The Morgan fingerprint density at radius 3 is 2.53 bits per heavy atom. The average Bonchev–Trinajstić information content (AvgIpc) is 2.53. The van der Waals surface area contributed by atoms with Gasteiger partial charge in [-0.15, -0.1) is 0 Å². The maximum Gasteiger partial charge on any atom is 0.137 e. The maximum absolute atomic E-state index is 12.1. The molecule has 2 heteroatoms. The number of ketones is 1. The van der Waals surface area contributed by atoms with Crippen LogP contribution >= 0.6 is 0 Å². The van der Waals surface area contributed by atoms with E-state index in [1.807, 2.05) is 0 Å². The van der Waals surface area contributed by atoms with E-state index in [9.17, 15) is 4.79 Å². The van der Waals surface area contributed by atoms with Gasteiger partial charge < -0.3 is 5.73 Å². The largest absolute Gasteiger partial charge is 0.327 e. The van der Waals surface area contributed by atoms with E-state index in [2.05, 4.69) is 6.92 Å². The molecule has 0 spiro atoms. The quantitative estimate of drug-likeness (QED) is 0.542. The third kappa shape index (κ3) is 5.67. The summed E-state index contributed by atoms with van der Waals surface area (Å²) in [6.07, 6.45) is 12.6. The van der Waals surface area contributed by atoms with Crippen LogP contribution in [0.1, 0.15) is 77.6 Å². The number of hydrogen-bond acceptors (Lipinski definition) is 2. The molecule has 0 heterocycles. The Morgan fingerprint density at radius 1 is 1.06 bits per heavy atom. The zero-order valence-electron chi connectivity index (χ0n) is 11.4. The highest BCUT2D eigenvalue weighted by molar-refractivity contribution is 5.81. The number of rotatable bonds is 7. The summed E-state index contributed by atoms with van der Waals surface area (Å²) in [6, 6.07) is 0.139. The maximum atomic E-state index is 12.1. The number of hydrogen-bond donors (Lipinski definition) is 1. The number of carbonyl (C=O) groups excluding carboxylic acids is 1. The number of unbranched alkanes of at least 4 members (excludes halogenated alkanes) is 4.